The van der Waals surface area contributed by atoms with Crippen molar-refractivity contribution < 1.29 is 14.4 Å². The molecule has 6 heteroatoms. The molecular weight excluding hydrogens is 480 g/mol. The number of nitrogens with zero attached hydrogens (tertiary/aromatic N) is 1. The monoisotopic (exact) mass is 510 g/mol. The van der Waals surface area contributed by atoms with Crippen LogP contribution < -0.4 is 5.32 Å². The zero-order valence-corrected chi connectivity index (χ0v) is 21.5. The van der Waals surface area contributed by atoms with E-state index in [2.05, 4.69) is 73.2 Å². The molecule has 2 aromatic carbocycles. The first kappa shape index (κ1) is 23.7. The first-order valence-corrected chi connectivity index (χ1v) is 12.3. The van der Waals surface area contributed by atoms with Crippen LogP contribution in [0.3, 0.4) is 0 Å². The number of hydrogen-bond donors (Lipinski definition) is 1. The molecule has 0 aromatic heterocycles. The minimum atomic E-state index is -0.600. The highest BCUT2D eigenvalue weighted by molar-refractivity contribution is 9.10. The number of amides is 1. The predicted octanol–water partition coefficient (Wildman–Crippen LogP) is 6.94. The Bertz CT molecular complexity index is 1120. The van der Waals surface area contributed by atoms with Crippen LogP contribution in [0.15, 0.2) is 58.2 Å². The summed E-state index contributed by atoms with van der Waals surface area (Å²) in [6, 6.07) is 15.2. The van der Waals surface area contributed by atoms with Gasteiger partial charge in [0.05, 0.1) is 16.7 Å². The molecule has 0 spiro atoms. The molecule has 2 atom stereocenters. The van der Waals surface area contributed by atoms with E-state index in [1.807, 2.05) is 18.2 Å². The number of benzene rings is 2. The maximum Gasteiger partial charge on any atom is 0.366 e. The van der Waals surface area contributed by atoms with Gasteiger partial charge in [-0.3, -0.25) is 4.79 Å². The van der Waals surface area contributed by atoms with Crippen molar-refractivity contribution in [1.29, 1.82) is 0 Å². The number of halogens is 1. The molecule has 1 amide bonds. The van der Waals surface area contributed by atoms with E-state index in [-0.39, 0.29) is 16.7 Å². The molecule has 2 aliphatic rings. The van der Waals surface area contributed by atoms with Crippen LogP contribution in [0.5, 0.6) is 0 Å². The van der Waals surface area contributed by atoms with Crippen molar-refractivity contribution in [2.75, 3.05) is 5.32 Å². The Balaban J connectivity index is 1.57. The Morgan fingerprint density at radius 2 is 1.70 bits per heavy atom. The highest BCUT2D eigenvalue weighted by Crippen LogP contribution is 2.71. The Hall–Kier alpha value is -2.47. The predicted molar refractivity (Wildman–Crippen MR) is 134 cm³/mol. The molecule has 0 aliphatic heterocycles. The minimum Gasteiger partial charge on any atom is -0.326 e. The number of rotatable bonds is 5. The van der Waals surface area contributed by atoms with E-state index in [1.54, 1.807) is 18.2 Å². The molecule has 2 aliphatic carbocycles. The number of carbonyl (C=O) groups excluding carboxylic acids is 2. The zero-order valence-electron chi connectivity index (χ0n) is 19.9. The molecule has 2 fully saturated rings. The van der Waals surface area contributed by atoms with Gasteiger partial charge in [-0.25, -0.2) is 4.79 Å². The highest BCUT2D eigenvalue weighted by Gasteiger charge is 2.71. The first-order valence-electron chi connectivity index (χ1n) is 11.5. The van der Waals surface area contributed by atoms with Crippen molar-refractivity contribution in [3.8, 4) is 0 Å². The second kappa shape index (κ2) is 8.39. The summed E-state index contributed by atoms with van der Waals surface area (Å²) in [5, 5.41) is 7.47. The van der Waals surface area contributed by atoms with E-state index in [1.165, 1.54) is 5.56 Å². The van der Waals surface area contributed by atoms with Crippen LogP contribution >= 0.6 is 15.9 Å². The largest absolute Gasteiger partial charge is 0.366 e. The number of oxime groups is 1. The van der Waals surface area contributed by atoms with Crippen LogP contribution in [0, 0.1) is 16.2 Å². The van der Waals surface area contributed by atoms with E-state index in [0.717, 1.165) is 24.2 Å². The van der Waals surface area contributed by atoms with Gasteiger partial charge < -0.3 is 10.2 Å². The van der Waals surface area contributed by atoms with Crippen LogP contribution in [0.2, 0.25) is 0 Å². The summed E-state index contributed by atoms with van der Waals surface area (Å²) in [4.78, 5) is 31.6. The van der Waals surface area contributed by atoms with Crippen molar-refractivity contribution in [1.82, 2.24) is 0 Å². The molecule has 0 saturated heterocycles. The zero-order chi connectivity index (χ0) is 24.0. The van der Waals surface area contributed by atoms with E-state index in [4.69, 9.17) is 4.84 Å². The van der Waals surface area contributed by atoms with Gasteiger partial charge in [-0.1, -0.05) is 64.0 Å². The van der Waals surface area contributed by atoms with Crippen molar-refractivity contribution in [2.45, 2.75) is 59.8 Å². The molecule has 2 bridgehead atoms. The second-order valence-corrected chi connectivity index (χ2v) is 11.2. The molecule has 1 N–H and O–H groups in total. The van der Waals surface area contributed by atoms with Gasteiger partial charge in [-0.2, -0.15) is 0 Å². The minimum absolute atomic E-state index is 0.0100. The number of anilines is 1. The van der Waals surface area contributed by atoms with Crippen LogP contribution in [0.25, 0.3) is 0 Å². The highest BCUT2D eigenvalue weighted by atomic mass is 79.9. The molecule has 33 heavy (non-hydrogen) atoms. The summed E-state index contributed by atoms with van der Waals surface area (Å²) in [7, 11) is 0. The lowest BCUT2D eigenvalue weighted by Gasteiger charge is -2.39. The van der Waals surface area contributed by atoms with Gasteiger partial charge in [0.2, 0.25) is 5.91 Å². The smallest absolute Gasteiger partial charge is 0.326 e. The van der Waals surface area contributed by atoms with E-state index < -0.39 is 11.4 Å². The molecule has 0 radical (unpaired) electrons. The maximum absolute atomic E-state index is 13.6. The fourth-order valence-electron chi connectivity index (χ4n) is 5.50. The van der Waals surface area contributed by atoms with Crippen molar-refractivity contribution in [2.24, 2.45) is 21.4 Å². The lowest BCUT2D eigenvalue weighted by molar-refractivity contribution is -0.130. The molecular formula is C27H31BrN2O3. The second-order valence-electron chi connectivity index (χ2n) is 10.3. The average molecular weight is 511 g/mol. The van der Waals surface area contributed by atoms with E-state index >= 15 is 0 Å². The number of fused-ring (bicyclic) bond motifs is 2. The Morgan fingerprint density at radius 3 is 2.33 bits per heavy atom. The summed E-state index contributed by atoms with van der Waals surface area (Å²) in [5.74, 6) is -0.0607. The Labute approximate surface area is 204 Å². The van der Waals surface area contributed by atoms with Crippen LogP contribution in [0.4, 0.5) is 5.69 Å². The molecule has 5 nitrogen and oxygen atoms in total. The van der Waals surface area contributed by atoms with Crippen molar-refractivity contribution in [3.05, 3.63) is 64.1 Å². The lowest BCUT2D eigenvalue weighted by atomic mass is 9.64. The maximum atomic E-state index is 13.6. The molecule has 4 rings (SSSR count). The Kier molecular flexibility index (Phi) is 6.02. The average Bonchev–Trinajstić information content (AvgIpc) is 3.09. The topological polar surface area (TPSA) is 67.8 Å². The molecule has 174 valence electrons. The molecule has 2 aromatic rings. The van der Waals surface area contributed by atoms with E-state index in [0.29, 0.717) is 22.4 Å². The summed E-state index contributed by atoms with van der Waals surface area (Å²) < 4.78 is 0.661. The quantitative estimate of drug-likeness (QED) is 0.349. The summed E-state index contributed by atoms with van der Waals surface area (Å²) in [6.07, 6.45) is 2.09. The van der Waals surface area contributed by atoms with Gasteiger partial charge in [0.15, 0.2) is 0 Å². The molecule has 2 saturated carbocycles. The third kappa shape index (κ3) is 3.72. The summed E-state index contributed by atoms with van der Waals surface area (Å²) in [5.41, 5.74) is 1.99. The van der Waals surface area contributed by atoms with Gasteiger partial charge in [-0.15, -0.1) is 0 Å². The molecule has 2 unspecified atom stereocenters. The lowest BCUT2D eigenvalue weighted by Crippen LogP contribution is -2.43. The number of nitrogens with one attached hydrogen (secondary N) is 1. The SMILES string of the molecule is CC(C)c1ccc(NC(=O)C23CCC(C)(/C(=N\OC(=O)c4ccccc4Br)C2)C3(C)C)cc1. The van der Waals surface area contributed by atoms with Gasteiger partial charge in [-0.05, 0) is 69.9 Å². The standard InChI is InChI=1S/C27H31BrN2O3/c1-17(2)18-10-12-19(13-11-18)29-24(32)27-15-14-26(5,25(27,3)4)22(16-27)30-33-23(31)20-8-6-7-9-21(20)28/h6-13,17H,14-16H2,1-5H3,(H,29,32)/b30-22-. The third-order valence-corrected chi connectivity index (χ3v) is 9.03. The van der Waals surface area contributed by atoms with Crippen LogP contribution in [-0.4, -0.2) is 17.6 Å². The summed E-state index contributed by atoms with van der Waals surface area (Å²) in [6.45, 7) is 10.7. The normalized spacial score (nSPS) is 26.6. The van der Waals surface area contributed by atoms with Gasteiger partial charge in [0, 0.05) is 22.0 Å². The van der Waals surface area contributed by atoms with Crippen LogP contribution in [-0.2, 0) is 9.63 Å². The summed E-state index contributed by atoms with van der Waals surface area (Å²) >= 11 is 3.38. The van der Waals surface area contributed by atoms with Gasteiger partial charge in [0.1, 0.15) is 0 Å². The van der Waals surface area contributed by atoms with Gasteiger partial charge in [0.25, 0.3) is 0 Å². The first-order chi connectivity index (χ1) is 15.5. The van der Waals surface area contributed by atoms with Crippen molar-refractivity contribution in [3.63, 3.8) is 0 Å². The third-order valence-electron chi connectivity index (χ3n) is 8.34. The number of carbonyl (C=O) groups is 2. The Morgan fingerprint density at radius 1 is 1.03 bits per heavy atom. The van der Waals surface area contributed by atoms with Crippen molar-refractivity contribution >= 4 is 39.2 Å². The fraction of sp³-hybridized carbons (Fsp3) is 0.444. The van der Waals surface area contributed by atoms with E-state index in [9.17, 15) is 9.59 Å². The van der Waals surface area contributed by atoms with Gasteiger partial charge >= 0.3 is 5.97 Å². The van der Waals surface area contributed by atoms with Crippen LogP contribution in [0.1, 0.15) is 75.7 Å². The number of hydrogen-bond acceptors (Lipinski definition) is 4. The fourth-order valence-corrected chi connectivity index (χ4v) is 5.94. The molecule has 0 heterocycles.